The number of nitrogens with zero attached hydrogens (tertiary/aromatic N) is 2. The average Bonchev–Trinajstić information content (AvgIpc) is 2.35. The highest BCUT2D eigenvalue weighted by Crippen LogP contribution is 2.16. The molecular weight excluding hydrogens is 242 g/mol. The first-order valence-electron chi connectivity index (χ1n) is 7.30. The van der Waals surface area contributed by atoms with Gasteiger partial charge in [0.15, 0.2) is 0 Å². The zero-order valence-electron chi connectivity index (χ0n) is 12.6. The van der Waals surface area contributed by atoms with E-state index in [0.29, 0.717) is 12.3 Å². The molecule has 5 nitrogen and oxygen atoms in total. The van der Waals surface area contributed by atoms with E-state index in [4.69, 9.17) is 0 Å². The van der Waals surface area contributed by atoms with Gasteiger partial charge in [-0.05, 0) is 45.3 Å². The van der Waals surface area contributed by atoms with Gasteiger partial charge in [-0.3, -0.25) is 4.79 Å². The standard InChI is InChI=1S/C14H29N3O2/c1-12(18)11-17-8-5-13(6-9-17)10-15-7-4-14(19)16(2)3/h12-13,15,18H,4-11H2,1-3H3. The molecule has 0 radical (unpaired) electrons. The van der Waals surface area contributed by atoms with E-state index in [0.717, 1.165) is 32.7 Å². The molecule has 1 fully saturated rings. The van der Waals surface area contributed by atoms with Crippen LogP contribution in [0, 0.1) is 5.92 Å². The van der Waals surface area contributed by atoms with Crippen molar-refractivity contribution in [3.63, 3.8) is 0 Å². The van der Waals surface area contributed by atoms with Crippen molar-refractivity contribution in [2.24, 2.45) is 5.92 Å². The molecule has 1 unspecified atom stereocenters. The lowest BCUT2D eigenvalue weighted by Crippen LogP contribution is -2.40. The summed E-state index contributed by atoms with van der Waals surface area (Å²) in [5.74, 6) is 0.888. The molecular formula is C14H29N3O2. The molecule has 2 N–H and O–H groups in total. The maximum Gasteiger partial charge on any atom is 0.223 e. The van der Waals surface area contributed by atoms with Gasteiger partial charge in [-0.15, -0.1) is 0 Å². The van der Waals surface area contributed by atoms with Crippen LogP contribution in [-0.4, -0.2) is 73.7 Å². The molecule has 0 aromatic rings. The maximum absolute atomic E-state index is 11.4. The predicted octanol–water partition coefficient (Wildman–Crippen LogP) is 0.147. The number of hydrogen-bond donors (Lipinski definition) is 2. The Morgan fingerprint density at radius 2 is 2.05 bits per heavy atom. The molecule has 1 heterocycles. The lowest BCUT2D eigenvalue weighted by molar-refractivity contribution is -0.128. The number of rotatable bonds is 7. The van der Waals surface area contributed by atoms with Crippen molar-refractivity contribution >= 4 is 5.91 Å². The molecule has 0 bridgehead atoms. The Morgan fingerprint density at radius 1 is 1.42 bits per heavy atom. The fourth-order valence-electron chi connectivity index (χ4n) is 2.47. The van der Waals surface area contributed by atoms with E-state index in [2.05, 4.69) is 10.2 Å². The third-order valence-corrected chi connectivity index (χ3v) is 3.68. The Kier molecular flexibility index (Phi) is 7.34. The molecule has 19 heavy (non-hydrogen) atoms. The van der Waals surface area contributed by atoms with Gasteiger partial charge in [-0.1, -0.05) is 0 Å². The van der Waals surface area contributed by atoms with Crippen molar-refractivity contribution < 1.29 is 9.90 Å². The topological polar surface area (TPSA) is 55.8 Å². The maximum atomic E-state index is 11.4. The van der Waals surface area contributed by atoms with Crippen LogP contribution in [0.3, 0.4) is 0 Å². The lowest BCUT2D eigenvalue weighted by atomic mass is 9.96. The van der Waals surface area contributed by atoms with Gasteiger partial charge in [0.25, 0.3) is 0 Å². The van der Waals surface area contributed by atoms with Gasteiger partial charge < -0.3 is 20.2 Å². The monoisotopic (exact) mass is 271 g/mol. The van der Waals surface area contributed by atoms with Crippen molar-refractivity contribution in [1.29, 1.82) is 0 Å². The molecule has 0 saturated carbocycles. The SMILES string of the molecule is CC(O)CN1CCC(CNCCC(=O)N(C)C)CC1. The van der Waals surface area contributed by atoms with E-state index in [9.17, 15) is 9.90 Å². The first-order valence-corrected chi connectivity index (χ1v) is 7.30. The molecule has 0 spiro atoms. The zero-order valence-corrected chi connectivity index (χ0v) is 12.6. The second-order valence-corrected chi connectivity index (χ2v) is 5.84. The second kappa shape index (κ2) is 8.51. The molecule has 1 saturated heterocycles. The van der Waals surface area contributed by atoms with E-state index >= 15 is 0 Å². The Bertz CT molecular complexity index is 261. The van der Waals surface area contributed by atoms with E-state index in [1.54, 1.807) is 19.0 Å². The summed E-state index contributed by atoms with van der Waals surface area (Å²) in [6.45, 7) is 6.56. The van der Waals surface area contributed by atoms with Gasteiger partial charge in [0, 0.05) is 33.6 Å². The number of nitrogens with one attached hydrogen (secondary N) is 1. The van der Waals surface area contributed by atoms with E-state index in [1.165, 1.54) is 12.8 Å². The number of amides is 1. The quantitative estimate of drug-likeness (QED) is 0.647. The van der Waals surface area contributed by atoms with Crippen LogP contribution in [0.4, 0.5) is 0 Å². The summed E-state index contributed by atoms with van der Waals surface area (Å²) in [7, 11) is 3.58. The number of hydrogen-bond acceptors (Lipinski definition) is 4. The van der Waals surface area contributed by atoms with E-state index < -0.39 is 0 Å². The van der Waals surface area contributed by atoms with Crippen LogP contribution in [0.5, 0.6) is 0 Å². The molecule has 1 atom stereocenters. The summed E-state index contributed by atoms with van der Waals surface area (Å²) in [4.78, 5) is 15.4. The van der Waals surface area contributed by atoms with E-state index in [1.807, 2.05) is 6.92 Å². The highest BCUT2D eigenvalue weighted by molar-refractivity contribution is 5.75. The number of β-amino-alcohol motifs (C(OH)–C–C–N with tert-alkyl or cyclic N) is 1. The van der Waals surface area contributed by atoms with Crippen molar-refractivity contribution in [3.8, 4) is 0 Å². The molecule has 1 amide bonds. The van der Waals surface area contributed by atoms with E-state index in [-0.39, 0.29) is 12.0 Å². The molecule has 0 aliphatic carbocycles. The number of piperidine rings is 1. The van der Waals surface area contributed by atoms with Crippen LogP contribution >= 0.6 is 0 Å². The molecule has 0 aromatic heterocycles. The number of aliphatic hydroxyl groups excluding tert-OH is 1. The van der Waals surface area contributed by atoms with Gasteiger partial charge in [-0.2, -0.15) is 0 Å². The molecule has 112 valence electrons. The lowest BCUT2D eigenvalue weighted by Gasteiger charge is -2.32. The number of carbonyl (C=O) groups is 1. The summed E-state index contributed by atoms with van der Waals surface area (Å²) in [5.41, 5.74) is 0. The van der Waals surface area contributed by atoms with Gasteiger partial charge in [0.2, 0.25) is 5.91 Å². The van der Waals surface area contributed by atoms with Crippen LogP contribution in [0.25, 0.3) is 0 Å². The third-order valence-electron chi connectivity index (χ3n) is 3.68. The molecule has 0 aromatic carbocycles. The minimum absolute atomic E-state index is 0.180. The van der Waals surface area contributed by atoms with Crippen molar-refractivity contribution in [3.05, 3.63) is 0 Å². The largest absolute Gasteiger partial charge is 0.392 e. The zero-order chi connectivity index (χ0) is 14.3. The Labute approximate surface area is 117 Å². The summed E-state index contributed by atoms with van der Waals surface area (Å²) in [6, 6.07) is 0. The fraction of sp³-hybridized carbons (Fsp3) is 0.929. The first-order chi connectivity index (χ1) is 8.99. The van der Waals surface area contributed by atoms with Gasteiger partial charge in [0.05, 0.1) is 6.10 Å². The molecule has 1 aliphatic heterocycles. The minimum Gasteiger partial charge on any atom is -0.392 e. The summed E-state index contributed by atoms with van der Waals surface area (Å²) >= 11 is 0. The average molecular weight is 271 g/mol. The highest BCUT2D eigenvalue weighted by Gasteiger charge is 2.19. The summed E-state index contributed by atoms with van der Waals surface area (Å²) in [6.07, 6.45) is 2.71. The Balaban J connectivity index is 2.05. The van der Waals surface area contributed by atoms with Crippen LogP contribution in [-0.2, 0) is 4.79 Å². The predicted molar refractivity (Wildman–Crippen MR) is 77.0 cm³/mol. The van der Waals surface area contributed by atoms with Crippen molar-refractivity contribution in [2.75, 3.05) is 46.8 Å². The number of likely N-dealkylation sites (tertiary alicyclic amines) is 1. The smallest absolute Gasteiger partial charge is 0.223 e. The number of aliphatic hydroxyl groups is 1. The normalized spacial score (nSPS) is 19.4. The first kappa shape index (κ1) is 16.4. The van der Waals surface area contributed by atoms with Crippen molar-refractivity contribution in [2.45, 2.75) is 32.3 Å². The summed E-state index contributed by atoms with van der Waals surface area (Å²) in [5, 5.41) is 12.7. The highest BCUT2D eigenvalue weighted by atomic mass is 16.3. The molecule has 1 rings (SSSR count). The number of carbonyl (C=O) groups excluding carboxylic acids is 1. The molecule has 1 aliphatic rings. The van der Waals surface area contributed by atoms with Crippen LogP contribution < -0.4 is 5.32 Å². The summed E-state index contributed by atoms with van der Waals surface area (Å²) < 4.78 is 0. The molecule has 5 heteroatoms. The second-order valence-electron chi connectivity index (χ2n) is 5.84. The van der Waals surface area contributed by atoms with Gasteiger partial charge >= 0.3 is 0 Å². The van der Waals surface area contributed by atoms with Crippen LogP contribution in [0.1, 0.15) is 26.2 Å². The van der Waals surface area contributed by atoms with Crippen LogP contribution in [0.15, 0.2) is 0 Å². The Hall–Kier alpha value is -0.650. The van der Waals surface area contributed by atoms with Gasteiger partial charge in [-0.25, -0.2) is 0 Å². The van der Waals surface area contributed by atoms with Crippen LogP contribution in [0.2, 0.25) is 0 Å². The Morgan fingerprint density at radius 3 is 2.58 bits per heavy atom. The third kappa shape index (κ3) is 6.89. The van der Waals surface area contributed by atoms with Gasteiger partial charge in [0.1, 0.15) is 0 Å². The minimum atomic E-state index is -0.230. The van der Waals surface area contributed by atoms with Crippen molar-refractivity contribution in [1.82, 2.24) is 15.1 Å². The fourth-order valence-corrected chi connectivity index (χ4v) is 2.47.